The second-order valence-electron chi connectivity index (χ2n) is 19.3. The van der Waals surface area contributed by atoms with Gasteiger partial charge in [0.15, 0.2) is 0 Å². The van der Waals surface area contributed by atoms with E-state index in [1.807, 2.05) is 0 Å². The van der Waals surface area contributed by atoms with E-state index in [0.717, 1.165) is 90.4 Å². The van der Waals surface area contributed by atoms with E-state index in [1.54, 1.807) is 0 Å². The van der Waals surface area contributed by atoms with Crippen molar-refractivity contribution in [1.29, 1.82) is 0 Å². The minimum Gasteiger partial charge on any atom is -0.465 e. The van der Waals surface area contributed by atoms with E-state index in [9.17, 15) is 14.7 Å². The van der Waals surface area contributed by atoms with Gasteiger partial charge in [-0.2, -0.15) is 0 Å². The number of esters is 2. The number of carbonyl (C=O) groups excluding carboxylic acids is 2. The smallest absolute Gasteiger partial charge is 0.305 e. The molecule has 1 aliphatic rings. The van der Waals surface area contributed by atoms with Gasteiger partial charge in [0.1, 0.15) is 0 Å². The van der Waals surface area contributed by atoms with E-state index in [4.69, 9.17) is 9.47 Å². The fourth-order valence-corrected chi connectivity index (χ4v) is 9.21. The third-order valence-electron chi connectivity index (χ3n) is 13.6. The van der Waals surface area contributed by atoms with Crippen LogP contribution < -0.4 is 0 Å². The Hall–Kier alpha value is -1.18. The highest BCUT2D eigenvalue weighted by molar-refractivity contribution is 5.69. The van der Waals surface area contributed by atoms with Crippen molar-refractivity contribution in [3.8, 4) is 0 Å². The molecular formula is C53H104N2O5. The minimum atomic E-state index is -0.120. The maximum atomic E-state index is 12.8. The van der Waals surface area contributed by atoms with E-state index >= 15 is 0 Å². The Labute approximate surface area is 374 Å². The molecule has 1 N–H and O–H groups in total. The van der Waals surface area contributed by atoms with Crippen LogP contribution in [0.5, 0.6) is 0 Å². The topological polar surface area (TPSA) is 79.3 Å². The van der Waals surface area contributed by atoms with Gasteiger partial charge >= 0.3 is 11.9 Å². The minimum absolute atomic E-state index is 0.00795. The lowest BCUT2D eigenvalue weighted by Crippen LogP contribution is -2.41. The maximum absolute atomic E-state index is 12.8. The molecule has 0 aromatic carbocycles. The lowest BCUT2D eigenvalue weighted by molar-refractivity contribution is -0.146. The van der Waals surface area contributed by atoms with Crippen LogP contribution in [0.2, 0.25) is 0 Å². The van der Waals surface area contributed by atoms with Crippen molar-refractivity contribution in [2.75, 3.05) is 46.4 Å². The van der Waals surface area contributed by atoms with Gasteiger partial charge in [0.25, 0.3) is 0 Å². The Morgan fingerprint density at radius 1 is 0.467 bits per heavy atom. The highest BCUT2D eigenvalue weighted by atomic mass is 16.5. The highest BCUT2D eigenvalue weighted by Crippen LogP contribution is 2.24. The second kappa shape index (κ2) is 41.8. The van der Waals surface area contributed by atoms with Crippen molar-refractivity contribution in [3.63, 3.8) is 0 Å². The predicted octanol–water partition coefficient (Wildman–Crippen LogP) is 14.4. The number of ether oxygens (including phenoxy) is 2. The van der Waals surface area contributed by atoms with Crippen LogP contribution in [0.15, 0.2) is 0 Å². The first-order chi connectivity index (χ1) is 29.3. The van der Waals surface area contributed by atoms with Crippen LogP contribution in [-0.2, 0) is 19.1 Å². The molecule has 0 aliphatic heterocycles. The zero-order valence-corrected chi connectivity index (χ0v) is 41.0. The molecule has 7 heteroatoms. The summed E-state index contributed by atoms with van der Waals surface area (Å²) < 4.78 is 11.8. The molecule has 0 bridgehead atoms. The van der Waals surface area contributed by atoms with Gasteiger partial charge in [-0.05, 0) is 109 Å². The first-order valence-corrected chi connectivity index (χ1v) is 26.7. The summed E-state index contributed by atoms with van der Waals surface area (Å²) in [5, 5.41) is 10.0. The maximum Gasteiger partial charge on any atom is 0.305 e. The van der Waals surface area contributed by atoms with Crippen molar-refractivity contribution < 1.29 is 24.2 Å². The Morgan fingerprint density at radius 3 is 1.22 bits per heavy atom. The SMILES string of the molecule is CCCCCCCCC(CCCCCC)COC(=O)CCCCCN(CCCCCC(=O)OCC(CCCCCC)CCCCCCCC)CCN(C)C1CCC(O)CC1. The quantitative estimate of drug-likeness (QED) is 0.0483. The molecule has 0 saturated heterocycles. The van der Waals surface area contributed by atoms with E-state index in [0.29, 0.717) is 43.9 Å². The molecule has 1 rings (SSSR count). The van der Waals surface area contributed by atoms with Gasteiger partial charge in [0.2, 0.25) is 0 Å². The number of hydrogen-bond donors (Lipinski definition) is 1. The Balaban J connectivity index is 2.49. The number of rotatable bonds is 44. The summed E-state index contributed by atoms with van der Waals surface area (Å²) in [6, 6.07) is 0.566. The van der Waals surface area contributed by atoms with E-state index in [2.05, 4.69) is 44.5 Å². The molecule has 0 aromatic rings. The lowest BCUT2D eigenvalue weighted by atomic mass is 9.92. The summed E-state index contributed by atoms with van der Waals surface area (Å²) in [5.74, 6) is 1.02. The number of carbonyl (C=O) groups is 2. The van der Waals surface area contributed by atoms with Crippen LogP contribution in [0.25, 0.3) is 0 Å². The molecule has 0 aromatic heterocycles. The molecular weight excluding hydrogens is 745 g/mol. The molecule has 356 valence electrons. The van der Waals surface area contributed by atoms with Gasteiger partial charge in [-0.25, -0.2) is 0 Å². The number of aliphatic hydroxyl groups excluding tert-OH is 1. The molecule has 60 heavy (non-hydrogen) atoms. The zero-order chi connectivity index (χ0) is 43.7. The number of unbranched alkanes of at least 4 members (excludes halogenated alkanes) is 20. The number of hydrogen-bond acceptors (Lipinski definition) is 7. The molecule has 0 radical (unpaired) electrons. The first-order valence-electron chi connectivity index (χ1n) is 26.7. The molecule has 0 heterocycles. The third-order valence-corrected chi connectivity index (χ3v) is 13.6. The number of aliphatic hydroxyl groups is 1. The van der Waals surface area contributed by atoms with Crippen LogP contribution in [0.1, 0.15) is 259 Å². The van der Waals surface area contributed by atoms with Crippen LogP contribution in [0.3, 0.4) is 0 Å². The molecule has 1 fully saturated rings. The van der Waals surface area contributed by atoms with E-state index in [-0.39, 0.29) is 18.0 Å². The average Bonchev–Trinajstić information content (AvgIpc) is 3.25. The first kappa shape index (κ1) is 56.8. The molecule has 1 saturated carbocycles. The standard InChI is InChI=1S/C53H104N2O5/c1-6-10-14-18-20-26-34-48(32-24-16-12-8-3)46-59-52(57)36-28-22-30-42-55(45-44-54(5)50-38-40-51(56)41-39-50)43-31-23-29-37-53(58)60-47-49(33-25-17-13-9-4)35-27-21-19-15-11-7-2/h48-51,56H,6-47H2,1-5H3. The fourth-order valence-electron chi connectivity index (χ4n) is 9.21. The van der Waals surface area contributed by atoms with Crippen LogP contribution in [0, 0.1) is 11.8 Å². The van der Waals surface area contributed by atoms with Crippen molar-refractivity contribution in [2.24, 2.45) is 11.8 Å². The Kier molecular flexibility index (Phi) is 39.6. The summed E-state index contributed by atoms with van der Waals surface area (Å²) in [5.41, 5.74) is 0. The van der Waals surface area contributed by atoms with Gasteiger partial charge in [-0.3, -0.25) is 9.59 Å². The van der Waals surface area contributed by atoms with Gasteiger partial charge in [-0.15, -0.1) is 0 Å². The lowest BCUT2D eigenvalue weighted by Gasteiger charge is -2.34. The van der Waals surface area contributed by atoms with E-state index < -0.39 is 0 Å². The van der Waals surface area contributed by atoms with E-state index in [1.165, 1.54) is 154 Å². The molecule has 1 aliphatic carbocycles. The van der Waals surface area contributed by atoms with Crippen LogP contribution in [-0.4, -0.2) is 85.4 Å². The highest BCUT2D eigenvalue weighted by Gasteiger charge is 2.23. The molecule has 7 nitrogen and oxygen atoms in total. The third kappa shape index (κ3) is 34.3. The Bertz CT molecular complexity index is 882. The second-order valence-corrected chi connectivity index (χ2v) is 19.3. The monoisotopic (exact) mass is 849 g/mol. The van der Waals surface area contributed by atoms with Crippen LogP contribution in [0.4, 0.5) is 0 Å². The zero-order valence-electron chi connectivity index (χ0n) is 41.0. The summed E-state index contributed by atoms with van der Waals surface area (Å²) in [4.78, 5) is 30.7. The summed E-state index contributed by atoms with van der Waals surface area (Å²) in [6.07, 6.45) is 41.8. The van der Waals surface area contributed by atoms with Crippen LogP contribution >= 0.6 is 0 Å². The normalized spacial score (nSPS) is 16.7. The Morgan fingerprint density at radius 2 is 0.817 bits per heavy atom. The summed E-state index contributed by atoms with van der Waals surface area (Å²) in [7, 11) is 2.25. The molecule has 2 unspecified atom stereocenters. The average molecular weight is 849 g/mol. The largest absolute Gasteiger partial charge is 0.465 e. The number of nitrogens with zero attached hydrogens (tertiary/aromatic N) is 2. The molecule has 0 amide bonds. The fraction of sp³-hybridized carbons (Fsp3) is 0.962. The van der Waals surface area contributed by atoms with Crippen molar-refractivity contribution in [1.82, 2.24) is 9.80 Å². The van der Waals surface area contributed by atoms with Crippen molar-refractivity contribution >= 4 is 11.9 Å². The van der Waals surface area contributed by atoms with Crippen molar-refractivity contribution in [3.05, 3.63) is 0 Å². The van der Waals surface area contributed by atoms with Gasteiger partial charge < -0.3 is 24.4 Å². The predicted molar refractivity (Wildman–Crippen MR) is 257 cm³/mol. The van der Waals surface area contributed by atoms with Crippen molar-refractivity contribution in [2.45, 2.75) is 271 Å². The van der Waals surface area contributed by atoms with Gasteiger partial charge in [-0.1, -0.05) is 169 Å². The molecule has 0 spiro atoms. The summed E-state index contributed by atoms with van der Waals surface area (Å²) in [6.45, 7) is 14.5. The van der Waals surface area contributed by atoms with Gasteiger partial charge in [0.05, 0.1) is 19.3 Å². The van der Waals surface area contributed by atoms with Gasteiger partial charge in [0, 0.05) is 32.0 Å². The summed E-state index contributed by atoms with van der Waals surface area (Å²) >= 11 is 0. The number of likely N-dealkylation sites (N-methyl/N-ethyl adjacent to an activating group) is 1. The molecule has 2 atom stereocenters.